The number of nitrogens with two attached hydrogens (primary N) is 1. The Hall–Kier alpha value is -1.62. The molecule has 19 heavy (non-hydrogen) atoms. The average Bonchev–Trinajstić information content (AvgIpc) is 2.38. The number of anilines is 1. The topological polar surface area (TPSA) is 72.4 Å². The molecule has 5 nitrogen and oxygen atoms in total. The number of nitro groups is 1. The van der Waals surface area contributed by atoms with Gasteiger partial charge >= 0.3 is 0 Å². The van der Waals surface area contributed by atoms with E-state index in [1.165, 1.54) is 6.42 Å². The lowest BCUT2D eigenvalue weighted by Crippen LogP contribution is -2.42. The SMILES string of the molecule is Cc1cc(N2CCCC(C(C)N)C2)ccc1[N+](=O)[O-]. The number of hydrogen-bond acceptors (Lipinski definition) is 4. The van der Waals surface area contributed by atoms with Gasteiger partial charge in [0.15, 0.2) is 0 Å². The molecule has 0 aliphatic carbocycles. The fourth-order valence-electron chi connectivity index (χ4n) is 2.71. The van der Waals surface area contributed by atoms with Crippen molar-refractivity contribution in [2.45, 2.75) is 32.7 Å². The van der Waals surface area contributed by atoms with E-state index in [2.05, 4.69) is 11.8 Å². The van der Waals surface area contributed by atoms with Crippen molar-refractivity contribution in [3.05, 3.63) is 33.9 Å². The van der Waals surface area contributed by atoms with Gasteiger partial charge in [0.1, 0.15) is 0 Å². The lowest BCUT2D eigenvalue weighted by molar-refractivity contribution is -0.385. The number of rotatable bonds is 3. The number of nitrogens with zero attached hydrogens (tertiary/aromatic N) is 2. The predicted octanol–water partition coefficient (Wildman–Crippen LogP) is 2.47. The Morgan fingerprint density at radius 3 is 2.84 bits per heavy atom. The summed E-state index contributed by atoms with van der Waals surface area (Å²) >= 11 is 0. The number of piperidine rings is 1. The van der Waals surface area contributed by atoms with E-state index in [4.69, 9.17) is 5.73 Å². The standard InChI is InChI=1S/C14H21N3O2/c1-10-8-13(5-6-14(10)17(18)19)16-7-3-4-12(9-16)11(2)15/h5-6,8,11-12H,3-4,7,9,15H2,1-2H3. The first-order valence-corrected chi connectivity index (χ1v) is 6.74. The Balaban J connectivity index is 2.18. The summed E-state index contributed by atoms with van der Waals surface area (Å²) in [5.74, 6) is 0.504. The molecule has 2 unspecified atom stereocenters. The monoisotopic (exact) mass is 263 g/mol. The lowest BCUT2D eigenvalue weighted by atomic mass is 9.92. The van der Waals surface area contributed by atoms with Crippen molar-refractivity contribution < 1.29 is 4.92 Å². The summed E-state index contributed by atoms with van der Waals surface area (Å²) in [6.07, 6.45) is 2.29. The quantitative estimate of drug-likeness (QED) is 0.671. The summed E-state index contributed by atoms with van der Waals surface area (Å²) in [6, 6.07) is 5.54. The Morgan fingerprint density at radius 2 is 2.26 bits per heavy atom. The van der Waals surface area contributed by atoms with Gasteiger partial charge in [-0.2, -0.15) is 0 Å². The molecule has 1 aliphatic rings. The van der Waals surface area contributed by atoms with Crippen LogP contribution in [0.2, 0.25) is 0 Å². The van der Waals surface area contributed by atoms with Gasteiger partial charge in [-0.1, -0.05) is 0 Å². The third kappa shape index (κ3) is 3.04. The van der Waals surface area contributed by atoms with E-state index in [1.807, 2.05) is 12.1 Å². The summed E-state index contributed by atoms with van der Waals surface area (Å²) in [5, 5.41) is 10.8. The van der Waals surface area contributed by atoms with E-state index < -0.39 is 0 Å². The molecule has 1 aromatic carbocycles. The lowest BCUT2D eigenvalue weighted by Gasteiger charge is -2.36. The Labute approximate surface area is 113 Å². The van der Waals surface area contributed by atoms with Crippen molar-refractivity contribution in [2.24, 2.45) is 11.7 Å². The number of nitro benzene ring substituents is 1. The van der Waals surface area contributed by atoms with Crippen LogP contribution in [0.1, 0.15) is 25.3 Å². The van der Waals surface area contributed by atoms with Gasteiger partial charge in [0.05, 0.1) is 4.92 Å². The van der Waals surface area contributed by atoms with Crippen molar-refractivity contribution >= 4 is 11.4 Å². The molecule has 1 saturated heterocycles. The van der Waals surface area contributed by atoms with E-state index in [0.717, 1.165) is 25.2 Å². The third-order valence-corrected chi connectivity index (χ3v) is 3.94. The van der Waals surface area contributed by atoms with Gasteiger partial charge in [-0.15, -0.1) is 0 Å². The number of aryl methyl sites for hydroxylation is 1. The van der Waals surface area contributed by atoms with Gasteiger partial charge in [-0.25, -0.2) is 0 Å². The molecule has 2 N–H and O–H groups in total. The zero-order valence-electron chi connectivity index (χ0n) is 11.5. The van der Waals surface area contributed by atoms with Gasteiger partial charge in [0.2, 0.25) is 0 Å². The Bertz CT molecular complexity index is 474. The van der Waals surface area contributed by atoms with E-state index >= 15 is 0 Å². The van der Waals surface area contributed by atoms with Crippen molar-refractivity contribution in [3.8, 4) is 0 Å². The fourth-order valence-corrected chi connectivity index (χ4v) is 2.71. The van der Waals surface area contributed by atoms with Crippen molar-refractivity contribution in [3.63, 3.8) is 0 Å². The van der Waals surface area contributed by atoms with Crippen LogP contribution in [-0.4, -0.2) is 24.1 Å². The summed E-state index contributed by atoms with van der Waals surface area (Å²) < 4.78 is 0. The van der Waals surface area contributed by atoms with E-state index in [-0.39, 0.29) is 16.7 Å². The zero-order chi connectivity index (χ0) is 14.0. The molecule has 2 atom stereocenters. The maximum absolute atomic E-state index is 10.8. The Morgan fingerprint density at radius 1 is 1.53 bits per heavy atom. The Kier molecular flexibility index (Phi) is 4.04. The molecule has 0 spiro atoms. The molecule has 2 rings (SSSR count). The smallest absolute Gasteiger partial charge is 0.272 e. The van der Waals surface area contributed by atoms with Crippen LogP contribution in [0.4, 0.5) is 11.4 Å². The van der Waals surface area contributed by atoms with Gasteiger partial charge < -0.3 is 10.6 Å². The van der Waals surface area contributed by atoms with Gasteiger partial charge in [-0.05, 0) is 44.7 Å². The van der Waals surface area contributed by atoms with Crippen molar-refractivity contribution in [1.29, 1.82) is 0 Å². The minimum Gasteiger partial charge on any atom is -0.371 e. The first-order chi connectivity index (χ1) is 8.99. The van der Waals surface area contributed by atoms with Gasteiger partial charge in [0, 0.05) is 36.4 Å². The molecule has 0 saturated carbocycles. The van der Waals surface area contributed by atoms with Crippen LogP contribution < -0.4 is 10.6 Å². The van der Waals surface area contributed by atoms with Crippen LogP contribution in [-0.2, 0) is 0 Å². The fraction of sp³-hybridized carbons (Fsp3) is 0.571. The normalized spacial score (nSPS) is 21.2. The van der Waals surface area contributed by atoms with Crippen LogP contribution in [0.5, 0.6) is 0 Å². The van der Waals surface area contributed by atoms with E-state index in [0.29, 0.717) is 11.5 Å². The maximum atomic E-state index is 10.8. The predicted molar refractivity (Wildman–Crippen MR) is 76.4 cm³/mol. The highest BCUT2D eigenvalue weighted by molar-refractivity contribution is 5.55. The summed E-state index contributed by atoms with van der Waals surface area (Å²) in [4.78, 5) is 12.8. The molecule has 1 fully saturated rings. The zero-order valence-corrected chi connectivity index (χ0v) is 11.5. The van der Waals surface area contributed by atoms with E-state index in [9.17, 15) is 10.1 Å². The van der Waals surface area contributed by atoms with Crippen LogP contribution in [0.3, 0.4) is 0 Å². The largest absolute Gasteiger partial charge is 0.371 e. The maximum Gasteiger partial charge on any atom is 0.272 e. The van der Waals surface area contributed by atoms with Gasteiger partial charge in [0.25, 0.3) is 5.69 Å². The minimum atomic E-state index is -0.333. The first kappa shape index (κ1) is 13.8. The van der Waals surface area contributed by atoms with Gasteiger partial charge in [-0.3, -0.25) is 10.1 Å². The number of benzene rings is 1. The molecule has 0 aromatic heterocycles. The highest BCUT2D eigenvalue weighted by Gasteiger charge is 2.23. The molecular weight excluding hydrogens is 242 g/mol. The molecule has 5 heteroatoms. The molecule has 0 radical (unpaired) electrons. The van der Waals surface area contributed by atoms with Crippen LogP contribution >= 0.6 is 0 Å². The molecule has 1 aromatic rings. The molecule has 0 amide bonds. The number of hydrogen-bond donors (Lipinski definition) is 1. The van der Waals surface area contributed by atoms with E-state index in [1.54, 1.807) is 13.0 Å². The molecule has 0 bridgehead atoms. The molecule has 1 heterocycles. The van der Waals surface area contributed by atoms with Crippen LogP contribution in [0.25, 0.3) is 0 Å². The minimum absolute atomic E-state index is 0.185. The highest BCUT2D eigenvalue weighted by Crippen LogP contribution is 2.28. The summed E-state index contributed by atoms with van der Waals surface area (Å²) in [5.41, 5.74) is 7.95. The first-order valence-electron chi connectivity index (χ1n) is 6.74. The third-order valence-electron chi connectivity index (χ3n) is 3.94. The van der Waals surface area contributed by atoms with Crippen molar-refractivity contribution in [1.82, 2.24) is 0 Å². The molecule has 1 aliphatic heterocycles. The highest BCUT2D eigenvalue weighted by atomic mass is 16.6. The van der Waals surface area contributed by atoms with Crippen LogP contribution in [0.15, 0.2) is 18.2 Å². The van der Waals surface area contributed by atoms with Crippen LogP contribution in [0, 0.1) is 23.0 Å². The second-order valence-electron chi connectivity index (χ2n) is 5.44. The molecular formula is C14H21N3O2. The second kappa shape index (κ2) is 5.57. The molecule has 104 valence electrons. The second-order valence-corrected chi connectivity index (χ2v) is 5.44. The average molecular weight is 263 g/mol. The van der Waals surface area contributed by atoms with Crippen molar-refractivity contribution in [2.75, 3.05) is 18.0 Å². The summed E-state index contributed by atoms with van der Waals surface area (Å²) in [7, 11) is 0. The summed E-state index contributed by atoms with van der Waals surface area (Å²) in [6.45, 7) is 5.78.